The number of hydrogen-bond donors (Lipinski definition) is 1. The molecule has 1 aliphatic rings. The molecule has 1 N–H and O–H groups in total. The van der Waals surface area contributed by atoms with Crippen LogP contribution in [0.15, 0.2) is 24.0 Å². The monoisotopic (exact) mass is 182 g/mol. The lowest BCUT2D eigenvalue weighted by Gasteiger charge is -2.18. The fourth-order valence-corrected chi connectivity index (χ4v) is 1.34. The van der Waals surface area contributed by atoms with Crippen LogP contribution in [0, 0.1) is 5.92 Å². The molecule has 0 aromatic carbocycles. The molecule has 1 atom stereocenters. The van der Waals surface area contributed by atoms with Crippen molar-refractivity contribution in [1.29, 1.82) is 0 Å². The van der Waals surface area contributed by atoms with Gasteiger partial charge in [0.05, 0.1) is 12.9 Å². The molecule has 74 valence electrons. The van der Waals surface area contributed by atoms with Crippen LogP contribution in [0.25, 0.3) is 0 Å². The van der Waals surface area contributed by atoms with Crippen LogP contribution in [-0.2, 0) is 4.74 Å². The van der Waals surface area contributed by atoms with Gasteiger partial charge in [-0.05, 0) is 36.5 Å². The Kier molecular flexibility index (Phi) is 4.03. The van der Waals surface area contributed by atoms with Gasteiger partial charge >= 0.3 is 0 Å². The minimum atomic E-state index is 0.140. The molecular weight excluding hydrogens is 164 g/mol. The third-order valence-corrected chi connectivity index (χ3v) is 2.29. The Labute approximate surface area is 79.9 Å². The largest absolute Gasteiger partial charge is 0.494 e. The maximum absolute atomic E-state index is 9.09. The van der Waals surface area contributed by atoms with Gasteiger partial charge in [0, 0.05) is 0 Å². The highest BCUT2D eigenvalue weighted by Crippen LogP contribution is 2.16. The Hall–Kier alpha value is -0.760. The van der Waals surface area contributed by atoms with Crippen LogP contribution in [0.3, 0.4) is 0 Å². The molecule has 0 radical (unpaired) electrons. The van der Waals surface area contributed by atoms with Gasteiger partial charge in [0.15, 0.2) is 0 Å². The van der Waals surface area contributed by atoms with Crippen LogP contribution in [-0.4, -0.2) is 17.8 Å². The predicted molar refractivity (Wildman–Crippen MR) is 53.3 cm³/mol. The maximum atomic E-state index is 9.09. The molecule has 0 saturated carbocycles. The van der Waals surface area contributed by atoms with Gasteiger partial charge in [-0.15, -0.1) is 0 Å². The summed E-state index contributed by atoms with van der Waals surface area (Å²) in [6.45, 7) is 4.31. The van der Waals surface area contributed by atoms with Crippen LogP contribution in [0.4, 0.5) is 0 Å². The second-order valence-corrected chi connectivity index (χ2v) is 3.68. The minimum Gasteiger partial charge on any atom is -0.494 e. The van der Waals surface area contributed by atoms with Crippen molar-refractivity contribution in [2.75, 3.05) is 6.61 Å². The van der Waals surface area contributed by atoms with Gasteiger partial charge in [0.1, 0.15) is 6.10 Å². The standard InChI is InChI=1S/C11H18O2/c1-9(2)10(8-12)7-11-5-3-4-6-13-11/h4,6-7,9,11-12H,3,5,8H2,1-2H3/b10-7+. The quantitative estimate of drug-likeness (QED) is 0.678. The molecule has 0 aromatic heterocycles. The Morgan fingerprint density at radius 2 is 2.46 bits per heavy atom. The first-order valence-corrected chi connectivity index (χ1v) is 4.86. The summed E-state index contributed by atoms with van der Waals surface area (Å²) >= 11 is 0. The van der Waals surface area contributed by atoms with Gasteiger partial charge in [-0.25, -0.2) is 0 Å². The summed E-state index contributed by atoms with van der Waals surface area (Å²) in [5.41, 5.74) is 1.07. The second kappa shape index (κ2) is 5.07. The van der Waals surface area contributed by atoms with E-state index >= 15 is 0 Å². The molecule has 13 heavy (non-hydrogen) atoms. The van der Waals surface area contributed by atoms with Crippen molar-refractivity contribution in [3.63, 3.8) is 0 Å². The molecule has 0 bridgehead atoms. The second-order valence-electron chi connectivity index (χ2n) is 3.68. The normalized spacial score (nSPS) is 23.4. The molecule has 1 heterocycles. The van der Waals surface area contributed by atoms with Crippen molar-refractivity contribution in [3.05, 3.63) is 24.0 Å². The zero-order valence-corrected chi connectivity index (χ0v) is 8.36. The molecule has 0 aliphatic carbocycles. The van der Waals surface area contributed by atoms with E-state index in [1.807, 2.05) is 12.2 Å². The Morgan fingerprint density at radius 3 is 2.92 bits per heavy atom. The third kappa shape index (κ3) is 3.23. The highest BCUT2D eigenvalue weighted by atomic mass is 16.5. The molecule has 0 amide bonds. The summed E-state index contributed by atoms with van der Waals surface area (Å²) < 4.78 is 5.39. The Balaban J connectivity index is 2.55. The highest BCUT2D eigenvalue weighted by molar-refractivity contribution is 5.09. The molecule has 1 rings (SSSR count). The van der Waals surface area contributed by atoms with E-state index in [0.717, 1.165) is 18.4 Å². The number of aliphatic hydroxyl groups excluding tert-OH is 1. The van der Waals surface area contributed by atoms with Gasteiger partial charge in [-0.1, -0.05) is 13.8 Å². The van der Waals surface area contributed by atoms with Crippen LogP contribution in [0.5, 0.6) is 0 Å². The third-order valence-electron chi connectivity index (χ3n) is 2.29. The summed E-state index contributed by atoms with van der Waals surface area (Å²) in [5.74, 6) is 0.402. The summed E-state index contributed by atoms with van der Waals surface area (Å²) in [7, 11) is 0. The van der Waals surface area contributed by atoms with Crippen molar-refractivity contribution >= 4 is 0 Å². The van der Waals surface area contributed by atoms with Gasteiger partial charge in [0.2, 0.25) is 0 Å². The van der Waals surface area contributed by atoms with E-state index in [9.17, 15) is 0 Å². The molecule has 1 unspecified atom stereocenters. The molecule has 2 heteroatoms. The van der Waals surface area contributed by atoms with E-state index in [-0.39, 0.29) is 12.7 Å². The lowest BCUT2D eigenvalue weighted by Crippen LogP contribution is -2.12. The fourth-order valence-electron chi connectivity index (χ4n) is 1.34. The molecule has 1 aliphatic heterocycles. The summed E-state index contributed by atoms with van der Waals surface area (Å²) in [6.07, 6.45) is 8.08. The molecular formula is C11H18O2. The lowest BCUT2D eigenvalue weighted by atomic mass is 10.0. The van der Waals surface area contributed by atoms with Crippen molar-refractivity contribution in [1.82, 2.24) is 0 Å². The first kappa shape index (κ1) is 10.3. The van der Waals surface area contributed by atoms with Crippen molar-refractivity contribution < 1.29 is 9.84 Å². The molecule has 0 saturated heterocycles. The van der Waals surface area contributed by atoms with Crippen molar-refractivity contribution in [2.24, 2.45) is 5.92 Å². The number of ether oxygens (including phenoxy) is 1. The first-order valence-electron chi connectivity index (χ1n) is 4.86. The SMILES string of the molecule is CC(C)/C(=C/C1CCC=CO1)CO. The number of allylic oxidation sites excluding steroid dienone is 1. The van der Waals surface area contributed by atoms with Crippen LogP contribution >= 0.6 is 0 Å². The van der Waals surface area contributed by atoms with E-state index in [4.69, 9.17) is 9.84 Å². The van der Waals surface area contributed by atoms with Crippen LogP contribution in [0.2, 0.25) is 0 Å². The van der Waals surface area contributed by atoms with Gasteiger partial charge in [-0.2, -0.15) is 0 Å². The summed E-state index contributed by atoms with van der Waals surface area (Å²) in [6, 6.07) is 0. The fraction of sp³-hybridized carbons (Fsp3) is 0.636. The average Bonchev–Trinajstić information content (AvgIpc) is 2.15. The van der Waals surface area contributed by atoms with Crippen LogP contribution < -0.4 is 0 Å². The highest BCUT2D eigenvalue weighted by Gasteiger charge is 2.10. The van der Waals surface area contributed by atoms with Gasteiger partial charge < -0.3 is 9.84 Å². The molecule has 2 nitrogen and oxygen atoms in total. The van der Waals surface area contributed by atoms with E-state index in [1.165, 1.54) is 0 Å². The van der Waals surface area contributed by atoms with Gasteiger partial charge in [-0.3, -0.25) is 0 Å². The maximum Gasteiger partial charge on any atom is 0.117 e. The zero-order valence-electron chi connectivity index (χ0n) is 8.36. The smallest absolute Gasteiger partial charge is 0.117 e. The van der Waals surface area contributed by atoms with Crippen molar-refractivity contribution in [2.45, 2.75) is 32.8 Å². The average molecular weight is 182 g/mol. The first-order chi connectivity index (χ1) is 6.24. The molecule has 0 fully saturated rings. The number of hydrogen-bond acceptors (Lipinski definition) is 2. The summed E-state index contributed by atoms with van der Waals surface area (Å²) in [4.78, 5) is 0. The number of aliphatic hydroxyl groups is 1. The molecule has 0 aromatic rings. The summed E-state index contributed by atoms with van der Waals surface area (Å²) in [5, 5.41) is 9.09. The molecule has 0 spiro atoms. The minimum absolute atomic E-state index is 0.140. The van der Waals surface area contributed by atoms with Crippen molar-refractivity contribution in [3.8, 4) is 0 Å². The van der Waals surface area contributed by atoms with Gasteiger partial charge in [0.25, 0.3) is 0 Å². The topological polar surface area (TPSA) is 29.5 Å². The number of rotatable bonds is 3. The van der Waals surface area contributed by atoms with E-state index < -0.39 is 0 Å². The lowest BCUT2D eigenvalue weighted by molar-refractivity contribution is 0.162. The Morgan fingerprint density at radius 1 is 1.69 bits per heavy atom. The van der Waals surface area contributed by atoms with E-state index in [0.29, 0.717) is 5.92 Å². The Bertz CT molecular complexity index is 204. The zero-order chi connectivity index (χ0) is 9.68. The van der Waals surface area contributed by atoms with E-state index in [2.05, 4.69) is 13.8 Å². The van der Waals surface area contributed by atoms with Crippen LogP contribution in [0.1, 0.15) is 26.7 Å². The predicted octanol–water partition coefficient (Wildman–Crippen LogP) is 2.25. The van der Waals surface area contributed by atoms with E-state index in [1.54, 1.807) is 6.26 Å².